The summed E-state index contributed by atoms with van der Waals surface area (Å²) in [4.78, 5) is 3.79. The van der Waals surface area contributed by atoms with E-state index in [0.29, 0.717) is 18.0 Å². The number of fused-ring (bicyclic) bond motifs is 1. The molecule has 2 atom stereocenters. The van der Waals surface area contributed by atoms with Crippen molar-refractivity contribution in [3.63, 3.8) is 0 Å². The van der Waals surface area contributed by atoms with Gasteiger partial charge in [0, 0.05) is 23.5 Å². The standard InChI is InChI=1S/C16H26N2S/c1-12(2)15(18(3)4)11-17-14-9-10-19-16-8-6-5-7-13(14)16/h5-8,12,14-15,17H,9-11H2,1-4H3. The van der Waals surface area contributed by atoms with Crippen LogP contribution in [0.4, 0.5) is 0 Å². The van der Waals surface area contributed by atoms with E-state index in [0.717, 1.165) is 6.54 Å². The molecule has 0 saturated carbocycles. The Bertz CT molecular complexity index is 395. The van der Waals surface area contributed by atoms with Crippen LogP contribution in [-0.2, 0) is 0 Å². The first-order chi connectivity index (χ1) is 9.09. The Hall–Kier alpha value is -0.510. The van der Waals surface area contributed by atoms with Crippen LogP contribution >= 0.6 is 11.8 Å². The molecule has 19 heavy (non-hydrogen) atoms. The number of likely N-dealkylation sites (N-methyl/N-ethyl adjacent to an activating group) is 1. The van der Waals surface area contributed by atoms with Gasteiger partial charge in [-0.05, 0) is 43.8 Å². The summed E-state index contributed by atoms with van der Waals surface area (Å²) in [5.41, 5.74) is 1.49. The number of hydrogen-bond acceptors (Lipinski definition) is 3. The van der Waals surface area contributed by atoms with Gasteiger partial charge in [-0.2, -0.15) is 0 Å². The molecule has 0 aliphatic carbocycles. The van der Waals surface area contributed by atoms with E-state index in [2.05, 4.69) is 62.4 Å². The Morgan fingerprint density at radius 1 is 1.32 bits per heavy atom. The molecule has 2 nitrogen and oxygen atoms in total. The van der Waals surface area contributed by atoms with Gasteiger partial charge in [-0.3, -0.25) is 0 Å². The third-order valence-corrected chi connectivity index (χ3v) is 5.09. The smallest absolute Gasteiger partial charge is 0.0339 e. The molecular formula is C16H26N2S. The molecule has 0 fully saturated rings. The van der Waals surface area contributed by atoms with Gasteiger partial charge in [-0.1, -0.05) is 32.0 Å². The van der Waals surface area contributed by atoms with Gasteiger partial charge in [-0.15, -0.1) is 11.8 Å². The Morgan fingerprint density at radius 2 is 2.05 bits per heavy atom. The molecule has 106 valence electrons. The fraction of sp³-hybridized carbons (Fsp3) is 0.625. The van der Waals surface area contributed by atoms with Crippen LogP contribution in [0.5, 0.6) is 0 Å². The van der Waals surface area contributed by atoms with Crippen LogP contribution in [0.1, 0.15) is 31.9 Å². The fourth-order valence-corrected chi connectivity index (χ4v) is 3.96. The number of nitrogens with one attached hydrogen (secondary N) is 1. The molecule has 2 unspecified atom stereocenters. The Balaban J connectivity index is 2.01. The van der Waals surface area contributed by atoms with E-state index in [1.54, 1.807) is 0 Å². The van der Waals surface area contributed by atoms with Gasteiger partial charge in [-0.25, -0.2) is 0 Å². The molecule has 1 aromatic rings. The molecule has 0 bridgehead atoms. The third kappa shape index (κ3) is 3.74. The monoisotopic (exact) mass is 278 g/mol. The lowest BCUT2D eigenvalue weighted by molar-refractivity contribution is 0.217. The van der Waals surface area contributed by atoms with Crippen LogP contribution in [-0.4, -0.2) is 37.3 Å². The van der Waals surface area contributed by atoms with Gasteiger partial charge in [0.25, 0.3) is 0 Å². The highest BCUT2D eigenvalue weighted by Crippen LogP contribution is 2.35. The molecule has 1 heterocycles. The molecule has 0 spiro atoms. The summed E-state index contributed by atoms with van der Waals surface area (Å²) in [6.45, 7) is 5.67. The van der Waals surface area contributed by atoms with Crippen molar-refractivity contribution < 1.29 is 0 Å². The van der Waals surface area contributed by atoms with E-state index in [4.69, 9.17) is 0 Å². The summed E-state index contributed by atoms with van der Waals surface area (Å²) in [5.74, 6) is 1.90. The van der Waals surface area contributed by atoms with Crippen molar-refractivity contribution in [2.45, 2.75) is 37.2 Å². The van der Waals surface area contributed by atoms with Gasteiger partial charge in [0.15, 0.2) is 0 Å². The Labute approximate surface area is 122 Å². The van der Waals surface area contributed by atoms with E-state index in [-0.39, 0.29) is 0 Å². The fourth-order valence-electron chi connectivity index (χ4n) is 2.83. The predicted molar refractivity (Wildman–Crippen MR) is 84.8 cm³/mol. The first-order valence-electron chi connectivity index (χ1n) is 7.21. The van der Waals surface area contributed by atoms with Crippen molar-refractivity contribution in [1.29, 1.82) is 0 Å². The summed E-state index contributed by atoms with van der Waals surface area (Å²) in [6, 6.07) is 9.95. The molecule has 0 radical (unpaired) electrons. The van der Waals surface area contributed by atoms with Crippen LogP contribution in [0.25, 0.3) is 0 Å². The molecule has 1 aromatic carbocycles. The van der Waals surface area contributed by atoms with Crippen LogP contribution in [0, 0.1) is 5.92 Å². The molecular weight excluding hydrogens is 252 g/mol. The second-order valence-electron chi connectivity index (χ2n) is 5.91. The number of hydrogen-bond donors (Lipinski definition) is 1. The van der Waals surface area contributed by atoms with Crippen LogP contribution < -0.4 is 5.32 Å². The lowest BCUT2D eigenvalue weighted by Crippen LogP contribution is -2.43. The Morgan fingerprint density at radius 3 is 2.74 bits per heavy atom. The largest absolute Gasteiger partial charge is 0.308 e. The number of thioether (sulfide) groups is 1. The van der Waals surface area contributed by atoms with E-state index in [1.165, 1.54) is 22.6 Å². The second-order valence-corrected chi connectivity index (χ2v) is 7.05. The number of benzene rings is 1. The quantitative estimate of drug-likeness (QED) is 0.888. The predicted octanol–water partition coefficient (Wildman–Crippen LogP) is 3.40. The molecule has 0 amide bonds. The average Bonchev–Trinajstić information content (AvgIpc) is 2.38. The topological polar surface area (TPSA) is 15.3 Å². The molecule has 0 aromatic heterocycles. The van der Waals surface area contributed by atoms with Crippen LogP contribution in [0.15, 0.2) is 29.2 Å². The van der Waals surface area contributed by atoms with Crippen LogP contribution in [0.3, 0.4) is 0 Å². The third-order valence-electron chi connectivity index (χ3n) is 3.96. The normalized spacial score (nSPS) is 20.6. The SMILES string of the molecule is CC(C)C(CNC1CCSc2ccccc21)N(C)C. The van der Waals surface area contributed by atoms with Crippen molar-refractivity contribution >= 4 is 11.8 Å². The van der Waals surface area contributed by atoms with Crippen molar-refractivity contribution in [2.24, 2.45) is 5.92 Å². The molecule has 2 rings (SSSR count). The van der Waals surface area contributed by atoms with Crippen molar-refractivity contribution in [3.05, 3.63) is 29.8 Å². The van der Waals surface area contributed by atoms with Crippen molar-refractivity contribution in [1.82, 2.24) is 10.2 Å². The minimum absolute atomic E-state index is 0.527. The van der Waals surface area contributed by atoms with Crippen molar-refractivity contribution in [2.75, 3.05) is 26.4 Å². The van der Waals surface area contributed by atoms with Gasteiger partial charge in [0.2, 0.25) is 0 Å². The average molecular weight is 278 g/mol. The lowest BCUT2D eigenvalue weighted by atomic mass is 10.0. The molecule has 0 saturated heterocycles. The maximum atomic E-state index is 3.79. The molecule has 1 N–H and O–H groups in total. The maximum absolute atomic E-state index is 3.79. The lowest BCUT2D eigenvalue weighted by Gasteiger charge is -2.32. The van der Waals surface area contributed by atoms with Gasteiger partial charge < -0.3 is 10.2 Å². The highest BCUT2D eigenvalue weighted by Gasteiger charge is 2.22. The van der Waals surface area contributed by atoms with E-state index in [1.807, 2.05) is 11.8 Å². The molecule has 1 aliphatic heterocycles. The van der Waals surface area contributed by atoms with E-state index >= 15 is 0 Å². The van der Waals surface area contributed by atoms with Gasteiger partial charge in [0.1, 0.15) is 0 Å². The summed E-state index contributed by atoms with van der Waals surface area (Å²) in [5, 5.41) is 3.79. The first-order valence-corrected chi connectivity index (χ1v) is 8.19. The van der Waals surface area contributed by atoms with E-state index in [9.17, 15) is 0 Å². The van der Waals surface area contributed by atoms with Crippen LogP contribution in [0.2, 0.25) is 0 Å². The summed E-state index contributed by atoms with van der Waals surface area (Å²) in [7, 11) is 4.36. The zero-order valence-electron chi connectivity index (χ0n) is 12.5. The minimum Gasteiger partial charge on any atom is -0.308 e. The van der Waals surface area contributed by atoms with E-state index < -0.39 is 0 Å². The van der Waals surface area contributed by atoms with Gasteiger partial charge >= 0.3 is 0 Å². The first kappa shape index (κ1) is 14.9. The molecule has 3 heteroatoms. The zero-order chi connectivity index (χ0) is 13.8. The molecule has 1 aliphatic rings. The highest BCUT2D eigenvalue weighted by atomic mass is 32.2. The number of nitrogens with zero attached hydrogens (tertiary/aromatic N) is 1. The van der Waals surface area contributed by atoms with Gasteiger partial charge in [0.05, 0.1) is 0 Å². The summed E-state index contributed by atoms with van der Waals surface area (Å²) in [6.07, 6.45) is 1.24. The minimum atomic E-state index is 0.527. The van der Waals surface area contributed by atoms with Crippen molar-refractivity contribution in [3.8, 4) is 0 Å². The highest BCUT2D eigenvalue weighted by molar-refractivity contribution is 7.99. The summed E-state index contributed by atoms with van der Waals surface area (Å²) >= 11 is 1.99. The maximum Gasteiger partial charge on any atom is 0.0339 e. The summed E-state index contributed by atoms with van der Waals surface area (Å²) < 4.78 is 0. The number of rotatable bonds is 5. The second kappa shape index (κ2) is 6.78. The Kier molecular flexibility index (Phi) is 5.31. The zero-order valence-corrected chi connectivity index (χ0v) is 13.3.